The van der Waals surface area contributed by atoms with Crippen molar-refractivity contribution in [2.45, 2.75) is 19.5 Å². The van der Waals surface area contributed by atoms with Crippen LogP contribution in [0.3, 0.4) is 0 Å². The van der Waals surface area contributed by atoms with Crippen molar-refractivity contribution in [3.8, 4) is 0 Å². The number of carbonyl (C=O) groups is 2. The molecule has 1 aliphatic rings. The van der Waals surface area contributed by atoms with Crippen LogP contribution < -0.4 is 11.1 Å². The molecule has 0 radical (unpaired) electrons. The van der Waals surface area contributed by atoms with Gasteiger partial charge >= 0.3 is 0 Å². The summed E-state index contributed by atoms with van der Waals surface area (Å²) in [6.07, 6.45) is 0.734. The summed E-state index contributed by atoms with van der Waals surface area (Å²) >= 11 is 8.55. The lowest BCUT2D eigenvalue weighted by Gasteiger charge is -2.27. The minimum absolute atomic E-state index is 0. The van der Waals surface area contributed by atoms with E-state index < -0.39 is 5.91 Å². The molecule has 0 saturated heterocycles. The topological polar surface area (TPSA) is 75.4 Å². The normalized spacial score (nSPS) is 13.4. The van der Waals surface area contributed by atoms with Crippen LogP contribution >= 0.6 is 46.7 Å². The number of hydrogen-bond acceptors (Lipinski definition) is 5. The number of rotatable bonds is 5. The molecular formula is C20H19Cl2N3O2S2. The molecule has 0 aliphatic carbocycles. The van der Waals surface area contributed by atoms with Crippen LogP contribution in [0.25, 0.3) is 0 Å². The molecule has 2 aromatic heterocycles. The van der Waals surface area contributed by atoms with Gasteiger partial charge in [-0.25, -0.2) is 0 Å². The van der Waals surface area contributed by atoms with Gasteiger partial charge in [0.1, 0.15) is 5.00 Å². The van der Waals surface area contributed by atoms with Crippen LogP contribution in [-0.2, 0) is 19.5 Å². The van der Waals surface area contributed by atoms with Gasteiger partial charge in [0.2, 0.25) is 0 Å². The molecule has 0 spiro atoms. The van der Waals surface area contributed by atoms with Gasteiger partial charge in [0, 0.05) is 24.5 Å². The Balaban J connectivity index is 0.00000240. The number of anilines is 1. The molecule has 0 saturated carbocycles. The van der Waals surface area contributed by atoms with E-state index in [0.29, 0.717) is 19.8 Å². The molecule has 1 aliphatic heterocycles. The number of nitrogens with zero attached hydrogens (tertiary/aromatic N) is 1. The summed E-state index contributed by atoms with van der Waals surface area (Å²) in [5.74, 6) is -0.785. The summed E-state index contributed by atoms with van der Waals surface area (Å²) in [4.78, 5) is 28.5. The van der Waals surface area contributed by atoms with E-state index in [2.05, 4.69) is 22.3 Å². The van der Waals surface area contributed by atoms with Crippen molar-refractivity contribution in [2.24, 2.45) is 5.73 Å². The molecule has 0 unspecified atom stereocenters. The maximum atomic E-state index is 12.5. The van der Waals surface area contributed by atoms with Crippen LogP contribution in [-0.4, -0.2) is 23.3 Å². The first-order valence-electron chi connectivity index (χ1n) is 8.78. The standard InChI is InChI=1S/C20H18ClN3O2S2.ClH/c21-16-7-6-14(27-16)19(26)23-20-17(18(22)25)13-8-9-24(11-15(13)28-20)10-12-4-2-1-3-5-12;/h1-7H,8-11H2,(H2,22,25)(H,23,26);1H. The van der Waals surface area contributed by atoms with Crippen LogP contribution in [0.1, 0.15) is 36.0 Å². The third kappa shape index (κ3) is 4.82. The van der Waals surface area contributed by atoms with Crippen molar-refractivity contribution in [3.05, 3.63) is 73.2 Å². The second-order valence-corrected chi connectivity index (χ2v) is 9.40. The smallest absolute Gasteiger partial charge is 0.266 e. The minimum atomic E-state index is -0.506. The van der Waals surface area contributed by atoms with Gasteiger partial charge in [-0.3, -0.25) is 14.5 Å². The fourth-order valence-electron chi connectivity index (χ4n) is 3.38. The van der Waals surface area contributed by atoms with Crippen molar-refractivity contribution < 1.29 is 9.59 Å². The molecule has 5 nitrogen and oxygen atoms in total. The molecule has 9 heteroatoms. The van der Waals surface area contributed by atoms with E-state index in [1.807, 2.05) is 18.2 Å². The number of nitrogens with one attached hydrogen (secondary N) is 1. The van der Waals surface area contributed by atoms with Gasteiger partial charge in [0.15, 0.2) is 0 Å². The first-order chi connectivity index (χ1) is 13.5. The van der Waals surface area contributed by atoms with Crippen molar-refractivity contribution in [2.75, 3.05) is 11.9 Å². The fourth-order valence-corrected chi connectivity index (χ4v) is 5.61. The van der Waals surface area contributed by atoms with Crippen molar-refractivity contribution in [3.63, 3.8) is 0 Å². The molecule has 3 aromatic rings. The molecule has 1 aromatic carbocycles. The van der Waals surface area contributed by atoms with Crippen LogP contribution in [0.5, 0.6) is 0 Å². The molecule has 2 amide bonds. The number of nitrogens with two attached hydrogens (primary N) is 1. The first kappa shape index (κ1) is 21.8. The third-order valence-electron chi connectivity index (χ3n) is 4.66. The van der Waals surface area contributed by atoms with Gasteiger partial charge in [-0.15, -0.1) is 35.1 Å². The Morgan fingerprint density at radius 2 is 1.90 bits per heavy atom. The average Bonchev–Trinajstić information content (AvgIpc) is 3.25. The monoisotopic (exact) mass is 467 g/mol. The summed E-state index contributed by atoms with van der Waals surface area (Å²) in [5, 5.41) is 3.38. The number of primary amides is 1. The molecule has 29 heavy (non-hydrogen) atoms. The summed E-state index contributed by atoms with van der Waals surface area (Å²) < 4.78 is 0.544. The second-order valence-electron chi connectivity index (χ2n) is 6.58. The van der Waals surface area contributed by atoms with E-state index in [4.69, 9.17) is 17.3 Å². The number of benzene rings is 1. The second kappa shape index (κ2) is 9.28. The first-order valence-corrected chi connectivity index (χ1v) is 10.8. The van der Waals surface area contributed by atoms with E-state index >= 15 is 0 Å². The lowest BCUT2D eigenvalue weighted by atomic mass is 10.0. The number of carbonyl (C=O) groups excluding carboxylic acids is 2. The quantitative estimate of drug-likeness (QED) is 0.565. The highest BCUT2D eigenvalue weighted by Gasteiger charge is 2.28. The van der Waals surface area contributed by atoms with Gasteiger partial charge in [-0.1, -0.05) is 41.9 Å². The summed E-state index contributed by atoms with van der Waals surface area (Å²) in [6, 6.07) is 13.6. The highest BCUT2D eigenvalue weighted by Crippen LogP contribution is 2.37. The van der Waals surface area contributed by atoms with E-state index in [0.717, 1.165) is 36.5 Å². The predicted octanol–water partition coefficient (Wildman–Crippen LogP) is 4.79. The maximum absolute atomic E-state index is 12.5. The third-order valence-corrected chi connectivity index (χ3v) is 7.02. The fraction of sp³-hybridized carbons (Fsp3) is 0.200. The lowest BCUT2D eigenvalue weighted by molar-refractivity contribution is 0.0999. The maximum Gasteiger partial charge on any atom is 0.266 e. The molecule has 0 atom stereocenters. The van der Waals surface area contributed by atoms with E-state index in [-0.39, 0.29) is 18.3 Å². The molecular weight excluding hydrogens is 449 g/mol. The zero-order chi connectivity index (χ0) is 19.7. The number of amides is 2. The minimum Gasteiger partial charge on any atom is -0.365 e. The van der Waals surface area contributed by atoms with Crippen molar-refractivity contribution in [1.82, 2.24) is 4.90 Å². The van der Waals surface area contributed by atoms with Crippen LogP contribution in [0.4, 0.5) is 5.00 Å². The molecule has 0 bridgehead atoms. The van der Waals surface area contributed by atoms with E-state index in [9.17, 15) is 9.59 Å². The largest absolute Gasteiger partial charge is 0.365 e. The Bertz CT molecular complexity index is 1030. The summed E-state index contributed by atoms with van der Waals surface area (Å²) in [7, 11) is 0. The van der Waals surface area contributed by atoms with E-state index in [1.165, 1.54) is 28.2 Å². The Labute approximate surface area is 187 Å². The van der Waals surface area contributed by atoms with E-state index in [1.54, 1.807) is 12.1 Å². The Hall–Kier alpha value is -1.90. The molecule has 0 fully saturated rings. The Morgan fingerprint density at radius 3 is 2.55 bits per heavy atom. The summed E-state index contributed by atoms with van der Waals surface area (Å²) in [5.41, 5.74) is 8.29. The molecule has 3 N–H and O–H groups in total. The number of hydrogen-bond donors (Lipinski definition) is 2. The zero-order valence-corrected chi connectivity index (χ0v) is 18.5. The van der Waals surface area contributed by atoms with Crippen LogP contribution in [0.15, 0.2) is 42.5 Å². The average molecular weight is 468 g/mol. The van der Waals surface area contributed by atoms with Crippen LogP contribution in [0, 0.1) is 0 Å². The summed E-state index contributed by atoms with van der Waals surface area (Å²) in [6.45, 7) is 2.42. The highest BCUT2D eigenvalue weighted by atomic mass is 35.5. The van der Waals surface area contributed by atoms with Gasteiger partial charge in [-0.05, 0) is 29.7 Å². The van der Waals surface area contributed by atoms with Gasteiger partial charge in [0.25, 0.3) is 11.8 Å². The van der Waals surface area contributed by atoms with Crippen LogP contribution in [0.2, 0.25) is 4.34 Å². The lowest BCUT2D eigenvalue weighted by Crippen LogP contribution is -2.30. The number of halogens is 2. The van der Waals surface area contributed by atoms with Crippen molar-refractivity contribution in [1.29, 1.82) is 0 Å². The Morgan fingerprint density at radius 1 is 1.14 bits per heavy atom. The van der Waals surface area contributed by atoms with Crippen molar-refractivity contribution >= 4 is 63.5 Å². The SMILES string of the molecule is Cl.NC(=O)c1c(NC(=O)c2ccc(Cl)s2)sc2c1CCN(Cc1ccccc1)C2. The predicted molar refractivity (Wildman–Crippen MR) is 122 cm³/mol. The number of fused-ring (bicyclic) bond motifs is 1. The Kier molecular flexibility index (Phi) is 6.97. The zero-order valence-electron chi connectivity index (χ0n) is 15.3. The highest BCUT2D eigenvalue weighted by molar-refractivity contribution is 7.18. The van der Waals surface area contributed by atoms with Gasteiger partial charge in [0.05, 0.1) is 14.8 Å². The van der Waals surface area contributed by atoms with Gasteiger partial charge in [-0.2, -0.15) is 0 Å². The van der Waals surface area contributed by atoms with Gasteiger partial charge < -0.3 is 11.1 Å². The molecule has 3 heterocycles. The molecule has 152 valence electrons. The molecule has 4 rings (SSSR count). The number of thiophene rings is 2.